The predicted molar refractivity (Wildman–Crippen MR) is 139 cm³/mol. The summed E-state index contributed by atoms with van der Waals surface area (Å²) in [5.41, 5.74) is 8.77. The number of fused-ring (bicyclic) bond motifs is 2. The molecule has 1 aromatic heterocycles. The number of aliphatic hydroxyl groups excluding tert-OH is 1. The van der Waals surface area contributed by atoms with E-state index < -0.39 is 26.6 Å². The molecule has 0 bridgehead atoms. The molecule has 1 heterocycles. The van der Waals surface area contributed by atoms with Crippen LogP contribution in [0.2, 0.25) is 0 Å². The third-order valence-electron chi connectivity index (χ3n) is 6.32. The molecule has 1 atom stereocenters. The maximum atomic E-state index is 13.2. The molecule has 0 saturated carbocycles. The monoisotopic (exact) mass is 511 g/mol. The minimum atomic E-state index is -4.70. The van der Waals surface area contributed by atoms with Crippen LogP contribution in [0.15, 0.2) is 75.9 Å². The highest BCUT2D eigenvalue weighted by Gasteiger charge is 2.28. The van der Waals surface area contributed by atoms with Crippen LogP contribution in [0.1, 0.15) is 29.5 Å². The Bertz CT molecular complexity index is 1450. The summed E-state index contributed by atoms with van der Waals surface area (Å²) in [6.07, 6.45) is 3.41. The van der Waals surface area contributed by atoms with E-state index in [0.717, 1.165) is 30.4 Å². The lowest BCUT2D eigenvalue weighted by Gasteiger charge is -2.27. The molecule has 3 aromatic carbocycles. The highest BCUT2D eigenvalue weighted by atomic mass is 31.2. The van der Waals surface area contributed by atoms with Crippen molar-refractivity contribution in [3.05, 3.63) is 93.6 Å². The van der Waals surface area contributed by atoms with Crippen molar-refractivity contribution in [1.29, 1.82) is 0 Å². The van der Waals surface area contributed by atoms with Crippen LogP contribution in [0.4, 0.5) is 0 Å². The highest BCUT2D eigenvalue weighted by Crippen LogP contribution is 2.37. The van der Waals surface area contributed by atoms with Crippen molar-refractivity contribution in [2.75, 3.05) is 13.2 Å². The lowest BCUT2D eigenvalue weighted by Crippen LogP contribution is -2.48. The summed E-state index contributed by atoms with van der Waals surface area (Å²) >= 11 is 0. The van der Waals surface area contributed by atoms with Crippen LogP contribution in [-0.4, -0.2) is 33.6 Å². The third-order valence-corrected chi connectivity index (χ3v) is 6.78. The molecule has 0 radical (unpaired) electrons. The Kier molecular flexibility index (Phi) is 8.05. The number of aryl methyl sites for hydroxylation is 3. The Morgan fingerprint density at radius 2 is 1.56 bits per heavy atom. The van der Waals surface area contributed by atoms with Gasteiger partial charge in [-0.25, -0.2) is 4.57 Å². The maximum absolute atomic E-state index is 13.2. The Morgan fingerprint density at radius 3 is 2.28 bits per heavy atom. The van der Waals surface area contributed by atoms with Gasteiger partial charge in [-0.3, -0.25) is 9.32 Å². The van der Waals surface area contributed by atoms with Gasteiger partial charge in [-0.15, -0.1) is 0 Å². The molecule has 0 aliphatic carbocycles. The van der Waals surface area contributed by atoms with Gasteiger partial charge in [0, 0.05) is 0 Å². The summed E-state index contributed by atoms with van der Waals surface area (Å²) in [4.78, 5) is 31.0. The van der Waals surface area contributed by atoms with E-state index in [1.807, 2.05) is 36.4 Å². The smallest absolute Gasteiger partial charge is 0.456 e. The van der Waals surface area contributed by atoms with Crippen LogP contribution < -0.4 is 11.2 Å². The van der Waals surface area contributed by atoms with Gasteiger partial charge in [0.2, 0.25) is 5.43 Å². The summed E-state index contributed by atoms with van der Waals surface area (Å²) in [6.45, 7) is -0.997. The van der Waals surface area contributed by atoms with E-state index >= 15 is 0 Å². The maximum Gasteiger partial charge on any atom is 0.469 e. The number of aliphatic hydroxyl groups is 1. The third kappa shape index (κ3) is 6.68. The first-order chi connectivity index (χ1) is 17.2. The fraction of sp³-hybridized carbons (Fsp3) is 0.296. The summed E-state index contributed by atoms with van der Waals surface area (Å²) in [5, 5.41) is 10.6. The van der Waals surface area contributed by atoms with Gasteiger partial charge < -0.3 is 25.0 Å². The fourth-order valence-corrected chi connectivity index (χ4v) is 4.63. The number of benzene rings is 3. The Morgan fingerprint density at radius 1 is 0.861 bits per heavy atom. The first-order valence-electron chi connectivity index (χ1n) is 11.8. The Balaban J connectivity index is 1.49. The molecule has 4 rings (SSSR count). The van der Waals surface area contributed by atoms with E-state index in [2.05, 4.69) is 16.7 Å². The molecule has 0 amide bonds. The number of hydrogen-bond acceptors (Lipinski definition) is 6. The zero-order chi connectivity index (χ0) is 25.8. The molecular formula is C27H30NO7P. The van der Waals surface area contributed by atoms with E-state index in [1.54, 1.807) is 18.2 Å². The molecule has 190 valence electrons. The summed E-state index contributed by atoms with van der Waals surface area (Å²) in [6, 6.07) is 21.3. The standard InChI is InChI=1S/C27H30NO7P/c28-27(17-29,18-34-36(31,32)33)14-13-21-9-11-22-25(16-21)35-24-12-10-20(15-23(24)26(22)30)8-4-7-19-5-2-1-3-6-19/h1-3,5-6,9-12,15-16,29H,4,7-8,13-14,17-18,28H2,(H2,31,32,33). The molecule has 4 aromatic rings. The number of hydrogen-bond donors (Lipinski definition) is 4. The highest BCUT2D eigenvalue weighted by molar-refractivity contribution is 7.46. The number of phosphoric ester groups is 1. The van der Waals surface area contributed by atoms with Crippen LogP contribution in [-0.2, 0) is 28.4 Å². The lowest BCUT2D eigenvalue weighted by molar-refractivity contribution is 0.102. The number of phosphoric acid groups is 1. The van der Waals surface area contributed by atoms with Crippen molar-refractivity contribution in [2.24, 2.45) is 5.73 Å². The van der Waals surface area contributed by atoms with Gasteiger partial charge in [0.25, 0.3) is 0 Å². The van der Waals surface area contributed by atoms with Crippen LogP contribution >= 0.6 is 7.82 Å². The van der Waals surface area contributed by atoms with Crippen LogP contribution in [0.5, 0.6) is 0 Å². The number of nitrogens with two attached hydrogens (primary N) is 1. The second-order valence-electron chi connectivity index (χ2n) is 9.22. The van der Waals surface area contributed by atoms with E-state index in [4.69, 9.17) is 19.9 Å². The van der Waals surface area contributed by atoms with Crippen molar-refractivity contribution >= 4 is 29.8 Å². The number of rotatable bonds is 11. The second-order valence-corrected chi connectivity index (χ2v) is 10.5. The van der Waals surface area contributed by atoms with Gasteiger partial charge in [0.15, 0.2) is 0 Å². The van der Waals surface area contributed by atoms with Crippen molar-refractivity contribution in [3.63, 3.8) is 0 Å². The van der Waals surface area contributed by atoms with Crippen molar-refractivity contribution in [3.8, 4) is 0 Å². The Labute approximate surface area is 208 Å². The van der Waals surface area contributed by atoms with Gasteiger partial charge in [0.05, 0.1) is 29.5 Å². The van der Waals surface area contributed by atoms with Gasteiger partial charge in [-0.2, -0.15) is 0 Å². The average Bonchev–Trinajstić information content (AvgIpc) is 2.87. The molecule has 9 heteroatoms. The fourth-order valence-electron chi connectivity index (χ4n) is 4.20. The van der Waals surface area contributed by atoms with Crippen molar-refractivity contribution in [2.45, 2.75) is 37.6 Å². The van der Waals surface area contributed by atoms with Crippen molar-refractivity contribution < 1.29 is 28.4 Å². The topological polar surface area (TPSA) is 143 Å². The average molecular weight is 512 g/mol. The zero-order valence-electron chi connectivity index (χ0n) is 19.8. The quantitative estimate of drug-likeness (QED) is 0.176. The van der Waals surface area contributed by atoms with Crippen LogP contribution in [0.3, 0.4) is 0 Å². The summed E-state index contributed by atoms with van der Waals surface area (Å²) in [5.74, 6) is 0. The largest absolute Gasteiger partial charge is 0.469 e. The molecule has 5 N–H and O–H groups in total. The lowest BCUT2D eigenvalue weighted by atomic mass is 9.93. The van der Waals surface area contributed by atoms with E-state index in [1.165, 1.54) is 5.56 Å². The van der Waals surface area contributed by atoms with Gasteiger partial charge in [-0.1, -0.05) is 42.5 Å². The first kappa shape index (κ1) is 26.2. The van der Waals surface area contributed by atoms with Crippen LogP contribution in [0, 0.1) is 0 Å². The molecule has 0 saturated heterocycles. The molecule has 36 heavy (non-hydrogen) atoms. The van der Waals surface area contributed by atoms with E-state index in [0.29, 0.717) is 28.4 Å². The summed E-state index contributed by atoms with van der Waals surface area (Å²) in [7, 11) is -4.70. The molecule has 0 aliphatic rings. The van der Waals surface area contributed by atoms with Gasteiger partial charge in [-0.05, 0) is 73.1 Å². The molecule has 0 fully saturated rings. The first-order valence-corrected chi connectivity index (χ1v) is 13.3. The molecule has 0 spiro atoms. The van der Waals surface area contributed by atoms with Gasteiger partial charge in [0.1, 0.15) is 11.2 Å². The SMILES string of the molecule is NC(CO)(CCc1ccc2c(=O)c3cc(CCCc4ccccc4)ccc3oc2c1)COP(=O)(O)O. The minimum absolute atomic E-state index is 0.0960. The molecule has 8 nitrogen and oxygen atoms in total. The van der Waals surface area contributed by atoms with E-state index in [-0.39, 0.29) is 11.8 Å². The zero-order valence-corrected chi connectivity index (χ0v) is 20.7. The summed E-state index contributed by atoms with van der Waals surface area (Å²) < 4.78 is 21.5. The van der Waals surface area contributed by atoms with Gasteiger partial charge >= 0.3 is 7.82 Å². The normalized spacial score (nSPS) is 13.8. The molecule has 1 unspecified atom stereocenters. The molecule has 0 aliphatic heterocycles. The second kappa shape index (κ2) is 11.0. The Hall–Kier alpha value is -2.84. The minimum Gasteiger partial charge on any atom is -0.456 e. The van der Waals surface area contributed by atoms with Crippen molar-refractivity contribution in [1.82, 2.24) is 0 Å². The molecular weight excluding hydrogens is 481 g/mol. The van der Waals surface area contributed by atoms with Crippen LogP contribution in [0.25, 0.3) is 21.9 Å². The predicted octanol–water partition coefficient (Wildman–Crippen LogP) is 3.85. The van der Waals surface area contributed by atoms with E-state index in [9.17, 15) is 14.5 Å².